The van der Waals surface area contributed by atoms with E-state index in [-0.39, 0.29) is 18.4 Å². The highest BCUT2D eigenvalue weighted by Crippen LogP contribution is 2.24. The van der Waals surface area contributed by atoms with Crippen LogP contribution in [0, 0.1) is 0 Å². The van der Waals surface area contributed by atoms with Crippen LogP contribution in [0.25, 0.3) is 21.7 Å². The van der Waals surface area contributed by atoms with Gasteiger partial charge in [-0.2, -0.15) is 0 Å². The largest absolute Gasteiger partial charge is 0.360 e. The number of carbonyl (C=O) groups is 2. The van der Waals surface area contributed by atoms with Gasteiger partial charge in [0, 0.05) is 23.5 Å². The summed E-state index contributed by atoms with van der Waals surface area (Å²) in [6.45, 7) is -0.0214. The standard InChI is InChI=1S/C20H19N3O2/c24-19-6-2-3-13-7-8-15-10-17(13)21-11-18(23-20(25)12-22-19)16-5-1-4-14(15)9-16/h1,4-5,7-11,21H,2-3,6,12H2,(H,22,24)(H,23,25). The Morgan fingerprint density at radius 2 is 1.68 bits per heavy atom. The number of aromatic nitrogens is 1. The minimum absolute atomic E-state index is 0.0214. The molecule has 1 aliphatic rings. The first kappa shape index (κ1) is 15.4. The average Bonchev–Trinajstić information content (AvgIpc) is 2.67. The lowest BCUT2D eigenvalue weighted by Gasteiger charge is -2.08. The van der Waals surface area contributed by atoms with Gasteiger partial charge in [0.15, 0.2) is 0 Å². The minimum atomic E-state index is -0.239. The van der Waals surface area contributed by atoms with Crippen LogP contribution >= 0.6 is 0 Å². The van der Waals surface area contributed by atoms with E-state index >= 15 is 0 Å². The van der Waals surface area contributed by atoms with E-state index in [1.54, 1.807) is 0 Å². The average molecular weight is 333 g/mol. The molecule has 3 N–H and O–H groups in total. The lowest BCUT2D eigenvalue weighted by Crippen LogP contribution is -2.32. The van der Waals surface area contributed by atoms with Gasteiger partial charge in [-0.15, -0.1) is 0 Å². The van der Waals surface area contributed by atoms with Crippen molar-refractivity contribution < 1.29 is 9.59 Å². The summed E-state index contributed by atoms with van der Waals surface area (Å²) in [6, 6.07) is 14.4. The van der Waals surface area contributed by atoms with Crippen LogP contribution in [0.4, 0.5) is 5.69 Å². The molecule has 126 valence electrons. The second kappa shape index (κ2) is 6.43. The molecule has 0 saturated carbocycles. The summed E-state index contributed by atoms with van der Waals surface area (Å²) in [7, 11) is 0. The molecule has 2 amide bonds. The first-order valence-electron chi connectivity index (χ1n) is 8.46. The van der Waals surface area contributed by atoms with Crippen molar-refractivity contribution in [3.8, 4) is 0 Å². The van der Waals surface area contributed by atoms with Crippen molar-refractivity contribution in [3.05, 3.63) is 54.2 Å². The Hall–Kier alpha value is -3.08. The van der Waals surface area contributed by atoms with E-state index in [0.29, 0.717) is 12.1 Å². The van der Waals surface area contributed by atoms with Gasteiger partial charge in [0.2, 0.25) is 11.8 Å². The molecule has 0 spiro atoms. The lowest BCUT2D eigenvalue weighted by molar-refractivity contribution is -0.124. The molecule has 0 fully saturated rings. The van der Waals surface area contributed by atoms with E-state index in [4.69, 9.17) is 0 Å². The first-order chi connectivity index (χ1) is 12.2. The number of fused-ring (bicyclic) bond motifs is 7. The molecule has 0 aliphatic carbocycles. The summed E-state index contributed by atoms with van der Waals surface area (Å²) in [4.78, 5) is 27.4. The molecule has 0 saturated heterocycles. The monoisotopic (exact) mass is 333 g/mol. The third kappa shape index (κ3) is 3.26. The van der Waals surface area contributed by atoms with Crippen LogP contribution in [0.15, 0.2) is 48.7 Å². The van der Waals surface area contributed by atoms with Crippen LogP contribution < -0.4 is 10.6 Å². The second-order valence-electron chi connectivity index (χ2n) is 6.33. The number of anilines is 1. The molecular weight excluding hydrogens is 314 g/mol. The first-order valence-corrected chi connectivity index (χ1v) is 8.46. The predicted molar refractivity (Wildman–Crippen MR) is 99.2 cm³/mol. The number of aryl methyl sites for hydroxylation is 1. The van der Waals surface area contributed by atoms with Gasteiger partial charge in [-0.1, -0.05) is 30.3 Å². The Balaban J connectivity index is 1.98. The Labute approximate surface area is 145 Å². The highest BCUT2D eigenvalue weighted by molar-refractivity contribution is 6.00. The van der Waals surface area contributed by atoms with Crippen molar-refractivity contribution in [2.75, 3.05) is 11.9 Å². The number of rotatable bonds is 0. The maximum atomic E-state index is 12.2. The smallest absolute Gasteiger partial charge is 0.243 e. The SMILES string of the molecule is O=C1CCCc2ccc3cc2[nH]cc(c2cccc3c2)NC(=O)CN1. The topological polar surface area (TPSA) is 74.0 Å². The fraction of sp³-hybridized carbons (Fsp3) is 0.200. The summed E-state index contributed by atoms with van der Waals surface area (Å²) in [5.41, 5.74) is 2.85. The molecule has 1 aliphatic heterocycles. The number of nitrogens with one attached hydrogen (secondary N) is 3. The maximum absolute atomic E-state index is 12.2. The number of amides is 2. The molecule has 2 aromatic carbocycles. The van der Waals surface area contributed by atoms with Gasteiger partial charge in [-0.3, -0.25) is 9.59 Å². The summed E-state index contributed by atoms with van der Waals surface area (Å²) >= 11 is 0. The fourth-order valence-electron chi connectivity index (χ4n) is 3.22. The van der Waals surface area contributed by atoms with E-state index in [0.717, 1.165) is 40.1 Å². The van der Waals surface area contributed by atoms with Crippen LogP contribution in [-0.2, 0) is 16.0 Å². The van der Waals surface area contributed by atoms with Crippen molar-refractivity contribution in [1.29, 1.82) is 0 Å². The van der Waals surface area contributed by atoms with Crippen molar-refractivity contribution in [2.24, 2.45) is 0 Å². The number of benzene rings is 2. The Morgan fingerprint density at radius 3 is 2.60 bits per heavy atom. The number of carbonyl (C=O) groups excluding carboxylic acids is 2. The summed E-state index contributed by atoms with van der Waals surface area (Å²) < 4.78 is 0. The molecule has 5 heteroatoms. The van der Waals surface area contributed by atoms with Crippen molar-refractivity contribution in [1.82, 2.24) is 10.3 Å². The van der Waals surface area contributed by atoms with Gasteiger partial charge < -0.3 is 15.6 Å². The summed E-state index contributed by atoms with van der Waals surface area (Å²) in [5, 5.41) is 8.72. The number of H-pyrrole nitrogens is 1. The van der Waals surface area contributed by atoms with Gasteiger partial charge in [-0.05, 0) is 41.3 Å². The van der Waals surface area contributed by atoms with Crippen LogP contribution in [0.2, 0.25) is 0 Å². The third-order valence-corrected chi connectivity index (χ3v) is 4.56. The number of hydrogen-bond acceptors (Lipinski definition) is 2. The van der Waals surface area contributed by atoms with E-state index in [1.165, 1.54) is 0 Å². The van der Waals surface area contributed by atoms with Crippen molar-refractivity contribution >= 4 is 39.2 Å². The zero-order chi connectivity index (χ0) is 17.2. The third-order valence-electron chi connectivity index (χ3n) is 4.56. The normalized spacial score (nSPS) is 15.4. The van der Waals surface area contributed by atoms with E-state index in [2.05, 4.69) is 45.9 Å². The van der Waals surface area contributed by atoms with Gasteiger partial charge in [-0.25, -0.2) is 0 Å². The van der Waals surface area contributed by atoms with E-state index < -0.39 is 0 Å². The van der Waals surface area contributed by atoms with Crippen LogP contribution in [0.1, 0.15) is 18.4 Å². The van der Waals surface area contributed by atoms with Gasteiger partial charge in [0.25, 0.3) is 0 Å². The lowest BCUT2D eigenvalue weighted by atomic mass is 10.0. The van der Waals surface area contributed by atoms with Gasteiger partial charge in [0.1, 0.15) is 0 Å². The van der Waals surface area contributed by atoms with Crippen molar-refractivity contribution in [3.63, 3.8) is 0 Å². The Kier molecular flexibility index (Phi) is 3.98. The summed E-state index contributed by atoms with van der Waals surface area (Å²) in [6.07, 6.45) is 3.78. The molecule has 0 radical (unpaired) electrons. The number of hydrogen-bond donors (Lipinski definition) is 3. The van der Waals surface area contributed by atoms with E-state index in [9.17, 15) is 9.59 Å². The molecule has 0 unspecified atom stereocenters. The second-order valence-corrected chi connectivity index (χ2v) is 6.33. The van der Waals surface area contributed by atoms with Crippen LogP contribution in [-0.4, -0.2) is 23.3 Å². The maximum Gasteiger partial charge on any atom is 0.243 e. The van der Waals surface area contributed by atoms with Crippen molar-refractivity contribution in [2.45, 2.75) is 19.3 Å². The van der Waals surface area contributed by atoms with Crippen LogP contribution in [0.5, 0.6) is 0 Å². The zero-order valence-electron chi connectivity index (χ0n) is 13.8. The van der Waals surface area contributed by atoms with Crippen LogP contribution in [0.3, 0.4) is 0 Å². The molecule has 5 bridgehead atoms. The molecular formula is C20H19N3O2. The highest BCUT2D eigenvalue weighted by Gasteiger charge is 2.09. The Morgan fingerprint density at radius 1 is 0.840 bits per heavy atom. The molecule has 3 aromatic rings. The quantitative estimate of drug-likeness (QED) is 0.591. The summed E-state index contributed by atoms with van der Waals surface area (Å²) in [5.74, 6) is -0.336. The van der Waals surface area contributed by atoms with Gasteiger partial charge >= 0.3 is 0 Å². The molecule has 0 atom stereocenters. The zero-order valence-corrected chi connectivity index (χ0v) is 13.8. The molecule has 25 heavy (non-hydrogen) atoms. The molecule has 1 aromatic heterocycles. The van der Waals surface area contributed by atoms with Gasteiger partial charge in [0.05, 0.1) is 12.2 Å². The minimum Gasteiger partial charge on any atom is -0.360 e. The fourth-order valence-corrected chi connectivity index (χ4v) is 3.22. The number of aromatic amines is 1. The predicted octanol–water partition coefficient (Wildman–Crippen LogP) is 3.27. The Bertz CT molecular complexity index is 1000. The molecule has 2 heterocycles. The molecule has 4 rings (SSSR count). The van der Waals surface area contributed by atoms with E-state index in [1.807, 2.05) is 18.3 Å². The molecule has 5 nitrogen and oxygen atoms in total. The highest BCUT2D eigenvalue weighted by atomic mass is 16.2.